The highest BCUT2D eigenvalue weighted by molar-refractivity contribution is 8.02. The van der Waals surface area contributed by atoms with Crippen LogP contribution in [0.15, 0.2) is 0 Å². The summed E-state index contributed by atoms with van der Waals surface area (Å²) in [6, 6.07) is 0. The van der Waals surface area contributed by atoms with Gasteiger partial charge in [0.05, 0.1) is 5.25 Å². The summed E-state index contributed by atoms with van der Waals surface area (Å²) in [6.45, 7) is 6.88. The van der Waals surface area contributed by atoms with Gasteiger partial charge in [-0.15, -0.1) is 0 Å². The van der Waals surface area contributed by atoms with E-state index in [-0.39, 0.29) is 0 Å². The molecule has 13 heavy (non-hydrogen) atoms. The molecule has 2 saturated heterocycles. The van der Waals surface area contributed by atoms with E-state index in [9.17, 15) is 4.55 Å². The minimum atomic E-state index is -0.539. The third-order valence-corrected chi connectivity index (χ3v) is 7.76. The van der Waals surface area contributed by atoms with Gasteiger partial charge in [0.25, 0.3) is 0 Å². The zero-order chi connectivity index (χ0) is 9.64. The van der Waals surface area contributed by atoms with Gasteiger partial charge < -0.3 is 4.55 Å². The molecule has 76 valence electrons. The fourth-order valence-electron chi connectivity index (χ4n) is 2.45. The zero-order valence-electron chi connectivity index (χ0n) is 8.58. The molecule has 2 rings (SSSR count). The van der Waals surface area contributed by atoms with Crippen LogP contribution in [0.1, 0.15) is 27.2 Å². The first-order valence-electron chi connectivity index (χ1n) is 5.04. The number of hydrogen-bond donors (Lipinski definition) is 0. The first-order chi connectivity index (χ1) is 6.05. The fourth-order valence-corrected chi connectivity index (χ4v) is 7.35. The second-order valence-corrected chi connectivity index (χ2v) is 7.71. The quantitative estimate of drug-likeness (QED) is 0.630. The molecular weight excluding hydrogens is 200 g/mol. The van der Waals surface area contributed by atoms with Crippen LogP contribution in [0.25, 0.3) is 0 Å². The van der Waals surface area contributed by atoms with Crippen molar-refractivity contribution in [3.8, 4) is 0 Å². The van der Waals surface area contributed by atoms with E-state index in [1.54, 1.807) is 0 Å². The standard InChI is InChI=1S/C10H18OS2/c1-7(2)10(3)6-13(11)8-4-5-12-9(8)10/h7-9H,4-6H2,1-3H3. The highest BCUT2D eigenvalue weighted by Gasteiger charge is 2.57. The minimum Gasteiger partial charge on any atom is -0.616 e. The summed E-state index contributed by atoms with van der Waals surface area (Å²) in [5.74, 6) is 2.83. The first kappa shape index (κ1) is 10.2. The lowest BCUT2D eigenvalue weighted by Gasteiger charge is -2.30. The predicted octanol–water partition coefficient (Wildman–Crippen LogP) is 2.29. The SMILES string of the molecule is CC(C)C1(C)C[S+]([O-])C2CCSC21. The lowest BCUT2D eigenvalue weighted by molar-refractivity contribution is 0.260. The summed E-state index contributed by atoms with van der Waals surface area (Å²) in [5.41, 5.74) is 0.330. The van der Waals surface area contributed by atoms with E-state index in [2.05, 4.69) is 32.5 Å². The maximum absolute atomic E-state index is 11.9. The van der Waals surface area contributed by atoms with Gasteiger partial charge in [0.15, 0.2) is 0 Å². The lowest BCUT2D eigenvalue weighted by Crippen LogP contribution is -2.34. The molecule has 2 heterocycles. The van der Waals surface area contributed by atoms with Gasteiger partial charge in [-0.3, -0.25) is 0 Å². The average Bonchev–Trinajstić information content (AvgIpc) is 2.57. The van der Waals surface area contributed by atoms with E-state index in [4.69, 9.17) is 0 Å². The van der Waals surface area contributed by atoms with Crippen LogP contribution in [0.3, 0.4) is 0 Å². The van der Waals surface area contributed by atoms with Gasteiger partial charge in [0, 0.05) is 11.8 Å². The fraction of sp³-hybridized carbons (Fsp3) is 1.00. The van der Waals surface area contributed by atoms with Crippen molar-refractivity contribution in [2.45, 2.75) is 37.7 Å². The minimum absolute atomic E-state index is 0.330. The zero-order valence-corrected chi connectivity index (χ0v) is 10.2. The topological polar surface area (TPSA) is 23.1 Å². The molecule has 4 unspecified atom stereocenters. The molecule has 2 aliphatic rings. The molecule has 0 aliphatic carbocycles. The number of hydrogen-bond acceptors (Lipinski definition) is 2. The van der Waals surface area contributed by atoms with Crippen molar-refractivity contribution in [2.75, 3.05) is 11.5 Å². The van der Waals surface area contributed by atoms with Gasteiger partial charge in [-0.05, 0) is 22.8 Å². The van der Waals surface area contributed by atoms with Crippen LogP contribution < -0.4 is 0 Å². The Morgan fingerprint density at radius 1 is 1.54 bits per heavy atom. The molecule has 0 aromatic rings. The number of thioether (sulfide) groups is 1. The summed E-state index contributed by atoms with van der Waals surface area (Å²) in [6.07, 6.45) is 1.18. The number of rotatable bonds is 1. The van der Waals surface area contributed by atoms with Crippen molar-refractivity contribution < 1.29 is 4.55 Å². The van der Waals surface area contributed by atoms with E-state index >= 15 is 0 Å². The van der Waals surface area contributed by atoms with Crippen LogP contribution in [0.4, 0.5) is 0 Å². The van der Waals surface area contributed by atoms with Crippen molar-refractivity contribution in [1.29, 1.82) is 0 Å². The molecule has 2 aliphatic heterocycles. The molecule has 4 atom stereocenters. The Morgan fingerprint density at radius 3 is 2.85 bits per heavy atom. The molecule has 3 heteroatoms. The van der Waals surface area contributed by atoms with Crippen LogP contribution in [0.5, 0.6) is 0 Å². The molecule has 0 aromatic carbocycles. The molecular formula is C10H18OS2. The second-order valence-electron chi connectivity index (χ2n) is 4.80. The molecule has 0 N–H and O–H groups in total. The number of fused-ring (bicyclic) bond motifs is 1. The molecule has 0 saturated carbocycles. The average molecular weight is 218 g/mol. The summed E-state index contributed by atoms with van der Waals surface area (Å²) in [7, 11) is 0. The van der Waals surface area contributed by atoms with Gasteiger partial charge in [0.1, 0.15) is 11.0 Å². The van der Waals surface area contributed by atoms with Gasteiger partial charge in [-0.1, -0.05) is 20.8 Å². The van der Waals surface area contributed by atoms with Crippen LogP contribution in [-0.2, 0) is 11.2 Å². The second kappa shape index (κ2) is 3.35. The van der Waals surface area contributed by atoms with Gasteiger partial charge >= 0.3 is 0 Å². The lowest BCUT2D eigenvalue weighted by atomic mass is 9.77. The van der Waals surface area contributed by atoms with Crippen molar-refractivity contribution in [3.63, 3.8) is 0 Å². The Labute approximate surface area is 88.2 Å². The molecule has 1 nitrogen and oxygen atoms in total. The van der Waals surface area contributed by atoms with Crippen LogP contribution in [0.2, 0.25) is 0 Å². The van der Waals surface area contributed by atoms with Gasteiger partial charge in [-0.2, -0.15) is 11.8 Å². The summed E-state index contributed by atoms with van der Waals surface area (Å²) < 4.78 is 11.9. The normalized spacial score (nSPS) is 50.1. The van der Waals surface area contributed by atoms with Crippen molar-refractivity contribution in [2.24, 2.45) is 11.3 Å². The third-order valence-electron chi connectivity index (χ3n) is 3.80. The van der Waals surface area contributed by atoms with Crippen molar-refractivity contribution in [1.82, 2.24) is 0 Å². The summed E-state index contributed by atoms with van der Waals surface area (Å²) in [5, 5.41) is 1.19. The molecule has 0 aromatic heterocycles. The van der Waals surface area contributed by atoms with Gasteiger partial charge in [-0.25, -0.2) is 0 Å². The van der Waals surface area contributed by atoms with E-state index in [1.165, 1.54) is 12.2 Å². The van der Waals surface area contributed by atoms with Crippen LogP contribution in [0, 0.1) is 11.3 Å². The Bertz CT molecular complexity index is 207. The Morgan fingerprint density at radius 2 is 2.23 bits per heavy atom. The van der Waals surface area contributed by atoms with E-state index < -0.39 is 11.2 Å². The largest absolute Gasteiger partial charge is 0.616 e. The van der Waals surface area contributed by atoms with Crippen molar-refractivity contribution in [3.05, 3.63) is 0 Å². The van der Waals surface area contributed by atoms with E-state index in [0.29, 0.717) is 21.8 Å². The molecule has 0 spiro atoms. The molecule has 0 bridgehead atoms. The van der Waals surface area contributed by atoms with Crippen LogP contribution >= 0.6 is 11.8 Å². The Balaban J connectivity index is 2.23. The smallest absolute Gasteiger partial charge is 0.128 e. The highest BCUT2D eigenvalue weighted by atomic mass is 32.2. The van der Waals surface area contributed by atoms with Crippen molar-refractivity contribution >= 4 is 22.9 Å². The maximum atomic E-state index is 11.9. The monoisotopic (exact) mass is 218 g/mol. The van der Waals surface area contributed by atoms with E-state index in [0.717, 1.165) is 5.75 Å². The summed E-state index contributed by atoms with van der Waals surface area (Å²) >= 11 is 1.52. The van der Waals surface area contributed by atoms with Gasteiger partial charge in [0.2, 0.25) is 0 Å². The Hall–Kier alpha value is 0.660. The third kappa shape index (κ3) is 1.44. The maximum Gasteiger partial charge on any atom is 0.128 e. The molecule has 0 amide bonds. The molecule has 2 fully saturated rings. The van der Waals surface area contributed by atoms with Crippen LogP contribution in [-0.4, -0.2) is 26.6 Å². The summed E-state index contributed by atoms with van der Waals surface area (Å²) in [4.78, 5) is 0. The highest BCUT2D eigenvalue weighted by Crippen LogP contribution is 2.53. The predicted molar refractivity (Wildman–Crippen MR) is 60.6 cm³/mol. The van der Waals surface area contributed by atoms with E-state index in [1.807, 2.05) is 0 Å². The first-order valence-corrected chi connectivity index (χ1v) is 7.47. The Kier molecular flexibility index (Phi) is 2.63. The molecule has 0 radical (unpaired) electrons.